The van der Waals surface area contributed by atoms with Gasteiger partial charge in [0.2, 0.25) is 0 Å². The Labute approximate surface area is 194 Å². The number of nitrogens with zero attached hydrogens (tertiary/aromatic N) is 2. The molecule has 0 unspecified atom stereocenters. The fraction of sp³-hybridized carbons (Fsp3) is 0.417. The van der Waals surface area contributed by atoms with Crippen LogP contribution in [0.2, 0.25) is 0 Å². The Balaban J connectivity index is 1.60. The van der Waals surface area contributed by atoms with E-state index in [1.807, 2.05) is 20.8 Å². The standard InChI is InChI=1S/C24H25F3N2O5/c1-22(2,3)23(11-4-12-29(23)21(30)31)14-32-20-18-13-16(7-10-19(18)34-28-20)15-5-8-17(9-6-15)33-24(25,26)27/h5-10,13H,4,11-12,14H2,1-3H3,(H,30,31)/t23-/m1/s1. The molecule has 0 radical (unpaired) electrons. The van der Waals surface area contributed by atoms with E-state index in [0.717, 1.165) is 12.0 Å². The molecule has 0 aliphatic carbocycles. The van der Waals surface area contributed by atoms with E-state index in [1.165, 1.54) is 29.2 Å². The van der Waals surface area contributed by atoms with Crippen LogP contribution in [0, 0.1) is 5.41 Å². The molecule has 1 saturated heterocycles. The molecule has 182 valence electrons. The molecule has 0 spiro atoms. The van der Waals surface area contributed by atoms with Crippen molar-refractivity contribution in [1.82, 2.24) is 10.1 Å². The summed E-state index contributed by atoms with van der Waals surface area (Å²) in [7, 11) is 0. The molecule has 1 atom stereocenters. The minimum Gasteiger partial charge on any atom is -0.473 e. The number of benzene rings is 2. The Kier molecular flexibility index (Phi) is 5.87. The third-order valence-electron chi connectivity index (χ3n) is 6.42. The minimum absolute atomic E-state index is 0.109. The van der Waals surface area contributed by atoms with Crippen LogP contribution in [0.5, 0.6) is 11.6 Å². The van der Waals surface area contributed by atoms with Crippen LogP contribution in [0.15, 0.2) is 47.0 Å². The Bertz CT molecular complexity index is 1180. The molecule has 7 nitrogen and oxygen atoms in total. The molecule has 1 N–H and O–H groups in total. The van der Waals surface area contributed by atoms with Gasteiger partial charge in [-0.2, -0.15) is 0 Å². The molecule has 1 aliphatic rings. The summed E-state index contributed by atoms with van der Waals surface area (Å²) >= 11 is 0. The van der Waals surface area contributed by atoms with Gasteiger partial charge in [0.05, 0.1) is 10.9 Å². The number of carbonyl (C=O) groups is 1. The normalized spacial score (nSPS) is 18.9. The van der Waals surface area contributed by atoms with Crippen LogP contribution in [0.1, 0.15) is 33.6 Å². The number of rotatable bonds is 5. The van der Waals surface area contributed by atoms with Gasteiger partial charge in [0.1, 0.15) is 12.4 Å². The predicted octanol–water partition coefficient (Wildman–Crippen LogP) is 6.33. The van der Waals surface area contributed by atoms with E-state index in [9.17, 15) is 23.1 Å². The van der Waals surface area contributed by atoms with E-state index in [4.69, 9.17) is 9.26 Å². The summed E-state index contributed by atoms with van der Waals surface area (Å²) in [6.45, 7) is 6.51. The lowest BCUT2D eigenvalue weighted by Crippen LogP contribution is -2.58. The zero-order valence-electron chi connectivity index (χ0n) is 19.0. The van der Waals surface area contributed by atoms with Crippen molar-refractivity contribution >= 4 is 17.1 Å². The molecular formula is C24H25F3N2O5. The van der Waals surface area contributed by atoms with E-state index in [1.54, 1.807) is 18.2 Å². The van der Waals surface area contributed by atoms with Crippen molar-refractivity contribution in [3.05, 3.63) is 42.5 Å². The van der Waals surface area contributed by atoms with Gasteiger partial charge in [-0.1, -0.05) is 39.0 Å². The average Bonchev–Trinajstić information content (AvgIpc) is 3.36. The van der Waals surface area contributed by atoms with Crippen molar-refractivity contribution < 1.29 is 37.1 Å². The first kappa shape index (κ1) is 23.7. The van der Waals surface area contributed by atoms with Crippen molar-refractivity contribution in [3.8, 4) is 22.8 Å². The zero-order valence-corrected chi connectivity index (χ0v) is 19.0. The Morgan fingerprint density at radius 2 is 1.82 bits per heavy atom. The summed E-state index contributed by atoms with van der Waals surface area (Å²) in [5.41, 5.74) is 0.755. The number of halogens is 3. The smallest absolute Gasteiger partial charge is 0.473 e. The number of likely N-dealkylation sites (tertiary alicyclic amines) is 1. The van der Waals surface area contributed by atoms with E-state index in [0.29, 0.717) is 29.5 Å². The lowest BCUT2D eigenvalue weighted by atomic mass is 9.72. The summed E-state index contributed by atoms with van der Waals surface area (Å²) in [6.07, 6.45) is -4.34. The highest BCUT2D eigenvalue weighted by Gasteiger charge is 2.52. The van der Waals surface area contributed by atoms with Crippen LogP contribution in [-0.2, 0) is 0 Å². The van der Waals surface area contributed by atoms with Crippen LogP contribution in [0.4, 0.5) is 18.0 Å². The number of alkyl halides is 3. The van der Waals surface area contributed by atoms with Crippen LogP contribution in [-0.4, -0.2) is 46.3 Å². The van der Waals surface area contributed by atoms with Gasteiger partial charge in [0.25, 0.3) is 5.88 Å². The molecule has 4 rings (SSSR count). The maximum Gasteiger partial charge on any atom is 0.573 e. The number of carboxylic acid groups (broad SMARTS) is 1. The highest BCUT2D eigenvalue weighted by atomic mass is 19.4. The molecular weight excluding hydrogens is 453 g/mol. The summed E-state index contributed by atoms with van der Waals surface area (Å²) in [5.74, 6) is -0.0758. The third-order valence-corrected chi connectivity index (χ3v) is 6.42. The van der Waals surface area contributed by atoms with Crippen LogP contribution in [0.3, 0.4) is 0 Å². The molecule has 3 aromatic rings. The second-order valence-electron chi connectivity index (χ2n) is 9.38. The van der Waals surface area contributed by atoms with Crippen molar-refractivity contribution in [2.24, 2.45) is 5.41 Å². The van der Waals surface area contributed by atoms with Gasteiger partial charge in [-0.3, -0.25) is 4.90 Å². The molecule has 1 fully saturated rings. The van der Waals surface area contributed by atoms with Gasteiger partial charge in [0, 0.05) is 6.54 Å². The molecule has 34 heavy (non-hydrogen) atoms. The quantitative estimate of drug-likeness (QED) is 0.461. The zero-order chi connectivity index (χ0) is 24.7. The van der Waals surface area contributed by atoms with Gasteiger partial charge < -0.3 is 19.1 Å². The van der Waals surface area contributed by atoms with Gasteiger partial charge in [0.15, 0.2) is 5.58 Å². The van der Waals surface area contributed by atoms with Crippen molar-refractivity contribution in [3.63, 3.8) is 0 Å². The number of amides is 1. The summed E-state index contributed by atoms with van der Waals surface area (Å²) < 4.78 is 52.6. The van der Waals surface area contributed by atoms with Gasteiger partial charge in [-0.05, 0) is 58.8 Å². The number of ether oxygens (including phenoxy) is 2. The fourth-order valence-electron chi connectivity index (χ4n) is 4.54. The number of hydrogen-bond acceptors (Lipinski definition) is 5. The first-order valence-electron chi connectivity index (χ1n) is 10.8. The predicted molar refractivity (Wildman–Crippen MR) is 118 cm³/mol. The van der Waals surface area contributed by atoms with Crippen molar-refractivity contribution in [2.45, 2.75) is 45.5 Å². The van der Waals surface area contributed by atoms with E-state index >= 15 is 0 Å². The summed E-state index contributed by atoms with van der Waals surface area (Å²) in [5, 5.41) is 14.4. The average molecular weight is 478 g/mol. The maximum atomic E-state index is 12.4. The molecule has 0 bridgehead atoms. The van der Waals surface area contributed by atoms with E-state index in [-0.39, 0.29) is 23.7 Å². The van der Waals surface area contributed by atoms with Gasteiger partial charge in [-0.25, -0.2) is 4.79 Å². The molecule has 1 aliphatic heterocycles. The first-order valence-corrected chi connectivity index (χ1v) is 10.8. The molecule has 2 aromatic carbocycles. The third kappa shape index (κ3) is 4.49. The lowest BCUT2D eigenvalue weighted by Gasteiger charge is -2.46. The molecule has 0 saturated carbocycles. The molecule has 10 heteroatoms. The largest absolute Gasteiger partial charge is 0.573 e. The van der Waals surface area contributed by atoms with E-state index < -0.39 is 18.0 Å². The SMILES string of the molecule is CC(C)(C)[C@]1(COc2noc3ccc(-c4ccc(OC(F)(F)F)cc4)cc23)CCCN1C(=O)O. The highest BCUT2D eigenvalue weighted by Crippen LogP contribution is 2.44. The lowest BCUT2D eigenvalue weighted by molar-refractivity contribution is -0.274. The van der Waals surface area contributed by atoms with Crippen molar-refractivity contribution in [1.29, 1.82) is 0 Å². The van der Waals surface area contributed by atoms with Gasteiger partial charge >= 0.3 is 12.5 Å². The second kappa shape index (κ2) is 8.41. The monoisotopic (exact) mass is 478 g/mol. The van der Waals surface area contributed by atoms with Gasteiger partial charge in [-0.15, -0.1) is 13.2 Å². The second-order valence-corrected chi connectivity index (χ2v) is 9.38. The molecule has 1 amide bonds. The summed E-state index contributed by atoms with van der Waals surface area (Å²) in [4.78, 5) is 13.4. The Morgan fingerprint density at radius 3 is 2.44 bits per heavy atom. The Morgan fingerprint density at radius 1 is 1.15 bits per heavy atom. The number of aromatic nitrogens is 1. The number of fused-ring (bicyclic) bond motifs is 1. The molecule has 2 heterocycles. The van der Waals surface area contributed by atoms with Crippen LogP contribution >= 0.6 is 0 Å². The topological polar surface area (TPSA) is 85.0 Å². The fourth-order valence-corrected chi connectivity index (χ4v) is 4.54. The van der Waals surface area contributed by atoms with E-state index in [2.05, 4.69) is 9.89 Å². The van der Waals surface area contributed by atoms with Crippen molar-refractivity contribution in [2.75, 3.05) is 13.2 Å². The Hall–Kier alpha value is -3.43. The maximum absolute atomic E-state index is 12.4. The highest BCUT2D eigenvalue weighted by molar-refractivity contribution is 5.87. The van der Waals surface area contributed by atoms with Crippen LogP contribution < -0.4 is 9.47 Å². The molecule has 1 aromatic heterocycles. The minimum atomic E-state index is -4.75. The summed E-state index contributed by atoms with van der Waals surface area (Å²) in [6, 6.07) is 10.8. The first-order chi connectivity index (χ1) is 15.9. The van der Waals surface area contributed by atoms with Crippen LogP contribution in [0.25, 0.3) is 22.1 Å². The number of hydrogen-bond donors (Lipinski definition) is 1.